The van der Waals surface area contributed by atoms with E-state index in [1.165, 1.54) is 257 Å². The van der Waals surface area contributed by atoms with Crippen LogP contribution in [-0.4, -0.2) is 99.6 Å². The average Bonchev–Trinajstić information content (AvgIpc) is 3.58. The monoisotopic (exact) mass is 1180 g/mol. The molecule has 490 valence electrons. The molecule has 1 amide bonds. The van der Waals surface area contributed by atoms with Crippen molar-refractivity contribution in [3.63, 3.8) is 0 Å². The summed E-state index contributed by atoms with van der Waals surface area (Å²) in [6.07, 6.45) is 62.2. The summed E-state index contributed by atoms with van der Waals surface area (Å²) in [7, 11) is 0. The van der Waals surface area contributed by atoms with Crippen LogP contribution in [0.5, 0.6) is 0 Å². The van der Waals surface area contributed by atoms with Gasteiger partial charge in [-0.2, -0.15) is 0 Å². The second-order valence-corrected chi connectivity index (χ2v) is 25.3. The van der Waals surface area contributed by atoms with Crippen molar-refractivity contribution in [2.45, 2.75) is 410 Å². The average molecular weight is 1180 g/mol. The van der Waals surface area contributed by atoms with Gasteiger partial charge in [0.2, 0.25) is 5.91 Å². The highest BCUT2D eigenvalue weighted by molar-refractivity contribution is 5.80. The third kappa shape index (κ3) is 47.8. The molecule has 8 unspecified atom stereocenters. The highest BCUT2D eigenvalue weighted by Gasteiger charge is 2.47. The summed E-state index contributed by atoms with van der Waals surface area (Å²) in [4.78, 5) is 26.7. The van der Waals surface area contributed by atoms with E-state index in [-0.39, 0.29) is 13.0 Å². The first-order valence-electron chi connectivity index (χ1n) is 36.1. The van der Waals surface area contributed by atoms with E-state index in [4.69, 9.17) is 14.2 Å². The number of aliphatic hydroxyl groups excluding tert-OH is 5. The van der Waals surface area contributed by atoms with E-state index in [1.54, 1.807) is 6.08 Å². The van der Waals surface area contributed by atoms with E-state index in [2.05, 4.69) is 38.2 Å². The topological polar surface area (TPSA) is 175 Å². The molecular formula is C72H137NO10. The zero-order valence-electron chi connectivity index (χ0n) is 54.6. The number of carbonyl (C=O) groups excluding carboxylic acids is 2. The quantitative estimate of drug-likeness (QED) is 0.0195. The van der Waals surface area contributed by atoms with Gasteiger partial charge in [-0.1, -0.05) is 328 Å². The van der Waals surface area contributed by atoms with E-state index >= 15 is 0 Å². The van der Waals surface area contributed by atoms with Gasteiger partial charge in [-0.25, -0.2) is 0 Å². The van der Waals surface area contributed by atoms with Crippen molar-refractivity contribution in [3.05, 3.63) is 24.3 Å². The maximum Gasteiger partial charge on any atom is 0.306 e. The fourth-order valence-corrected chi connectivity index (χ4v) is 11.7. The molecule has 0 radical (unpaired) electrons. The Morgan fingerprint density at radius 3 is 1.17 bits per heavy atom. The molecule has 0 spiro atoms. The lowest BCUT2D eigenvalue weighted by molar-refractivity contribution is -0.305. The Bertz CT molecular complexity index is 1450. The van der Waals surface area contributed by atoms with Crippen LogP contribution in [0.2, 0.25) is 0 Å². The van der Waals surface area contributed by atoms with Crippen molar-refractivity contribution in [2.75, 3.05) is 13.2 Å². The zero-order valence-corrected chi connectivity index (χ0v) is 54.6. The third-order valence-electron chi connectivity index (χ3n) is 17.4. The molecule has 1 fully saturated rings. The fourth-order valence-electron chi connectivity index (χ4n) is 11.7. The maximum atomic E-state index is 13.5. The Morgan fingerprint density at radius 1 is 0.458 bits per heavy atom. The van der Waals surface area contributed by atoms with E-state index in [0.717, 1.165) is 57.8 Å². The minimum absolute atomic E-state index is 0.127. The standard InChI is InChI=1S/C72H137NO10/c1-4-7-10-13-16-19-22-25-27-29-31-33-35-37-39-42-45-48-51-54-57-60-67(77)83-70-69(79)68(78)66(61-74)82-72(70)81-62-63(64(75)58-55-52-49-46-43-40-24-21-18-15-12-9-6-3)73-71(80)65(76)59-56-53-50-47-44-41-38-36-34-32-30-28-26-23-20-17-14-11-8-5-2/h25,27,55,58,63-66,68-70,72,74-76,78-79H,4-24,26,28-54,56-57,59-62H2,1-3H3,(H,73,80)/b27-25+,58-55+. The van der Waals surface area contributed by atoms with Crippen molar-refractivity contribution in [2.24, 2.45) is 0 Å². The Hall–Kier alpha value is -1.86. The molecule has 6 N–H and O–H groups in total. The molecule has 1 saturated heterocycles. The van der Waals surface area contributed by atoms with Crippen LogP contribution in [0.3, 0.4) is 0 Å². The fraction of sp³-hybridized carbons (Fsp3) is 0.917. The second kappa shape index (κ2) is 60.4. The number of amides is 1. The van der Waals surface area contributed by atoms with E-state index in [1.807, 2.05) is 6.08 Å². The van der Waals surface area contributed by atoms with Gasteiger partial charge in [0, 0.05) is 6.42 Å². The van der Waals surface area contributed by atoms with Gasteiger partial charge >= 0.3 is 5.97 Å². The van der Waals surface area contributed by atoms with Crippen molar-refractivity contribution in [1.29, 1.82) is 0 Å². The van der Waals surface area contributed by atoms with Gasteiger partial charge in [0.15, 0.2) is 12.4 Å². The lowest BCUT2D eigenvalue weighted by Crippen LogP contribution is -2.61. The first-order valence-corrected chi connectivity index (χ1v) is 36.1. The Morgan fingerprint density at radius 2 is 0.795 bits per heavy atom. The Kier molecular flexibility index (Phi) is 57.6. The van der Waals surface area contributed by atoms with Crippen molar-refractivity contribution in [3.8, 4) is 0 Å². The van der Waals surface area contributed by atoms with Crippen LogP contribution in [0.1, 0.15) is 361 Å². The molecule has 0 aromatic rings. The van der Waals surface area contributed by atoms with Crippen molar-refractivity contribution in [1.82, 2.24) is 5.32 Å². The molecule has 11 heteroatoms. The number of aliphatic hydroxyl groups is 5. The minimum atomic E-state index is -1.61. The van der Waals surface area contributed by atoms with Gasteiger partial charge in [-0.05, 0) is 51.4 Å². The summed E-state index contributed by atoms with van der Waals surface area (Å²) in [6.45, 7) is 5.85. The molecule has 11 nitrogen and oxygen atoms in total. The Balaban J connectivity index is 2.58. The van der Waals surface area contributed by atoms with Gasteiger partial charge in [0.1, 0.15) is 24.4 Å². The first-order chi connectivity index (χ1) is 40.7. The predicted molar refractivity (Wildman–Crippen MR) is 348 cm³/mol. The highest BCUT2D eigenvalue weighted by atomic mass is 16.7. The van der Waals surface area contributed by atoms with E-state index in [9.17, 15) is 35.1 Å². The number of hydrogen-bond donors (Lipinski definition) is 6. The Labute approximate surface area is 511 Å². The van der Waals surface area contributed by atoms with Crippen LogP contribution >= 0.6 is 0 Å². The maximum absolute atomic E-state index is 13.5. The molecule has 1 aliphatic heterocycles. The van der Waals surface area contributed by atoms with Gasteiger partial charge in [-0.15, -0.1) is 0 Å². The largest absolute Gasteiger partial charge is 0.454 e. The molecule has 0 aromatic heterocycles. The molecule has 0 aliphatic carbocycles. The summed E-state index contributed by atoms with van der Waals surface area (Å²) < 4.78 is 17.7. The number of esters is 1. The first kappa shape index (κ1) is 79.2. The van der Waals surface area contributed by atoms with Crippen molar-refractivity contribution >= 4 is 11.9 Å². The highest BCUT2D eigenvalue weighted by Crippen LogP contribution is 2.26. The number of hydrogen-bond acceptors (Lipinski definition) is 10. The van der Waals surface area contributed by atoms with Crippen LogP contribution in [-0.2, 0) is 23.8 Å². The molecule has 1 aliphatic rings. The molecule has 0 bridgehead atoms. The van der Waals surface area contributed by atoms with Gasteiger partial charge in [0.25, 0.3) is 0 Å². The second-order valence-electron chi connectivity index (χ2n) is 25.3. The molecular weight excluding hydrogens is 1040 g/mol. The number of rotatable bonds is 63. The number of ether oxygens (including phenoxy) is 3. The predicted octanol–water partition coefficient (Wildman–Crippen LogP) is 18.4. The van der Waals surface area contributed by atoms with Crippen LogP contribution in [0.15, 0.2) is 24.3 Å². The smallest absolute Gasteiger partial charge is 0.306 e. The number of nitrogens with one attached hydrogen (secondary N) is 1. The lowest BCUT2D eigenvalue weighted by atomic mass is 9.99. The van der Waals surface area contributed by atoms with Crippen molar-refractivity contribution < 1.29 is 49.3 Å². The normalized spacial score (nSPS) is 18.6. The molecule has 8 atom stereocenters. The van der Waals surface area contributed by atoms with Crippen LogP contribution in [0.4, 0.5) is 0 Å². The minimum Gasteiger partial charge on any atom is -0.454 e. The molecule has 83 heavy (non-hydrogen) atoms. The third-order valence-corrected chi connectivity index (χ3v) is 17.4. The summed E-state index contributed by atoms with van der Waals surface area (Å²) in [5, 5.41) is 57.3. The molecule has 0 saturated carbocycles. The number of carbonyl (C=O) groups is 2. The van der Waals surface area contributed by atoms with Crippen LogP contribution in [0, 0.1) is 0 Å². The molecule has 0 aromatic carbocycles. The number of unbranched alkanes of at least 4 members (excludes halogenated alkanes) is 47. The number of allylic oxidation sites excluding steroid dienone is 3. The molecule has 1 heterocycles. The summed E-state index contributed by atoms with van der Waals surface area (Å²) in [5.74, 6) is -1.17. The summed E-state index contributed by atoms with van der Waals surface area (Å²) in [6, 6.07) is -1.02. The SMILES string of the molecule is CCCCCCCC/C=C/CCCCCCCCCCCCCC(=O)OC1C(OCC(NC(=O)C(O)CCCCCCCCCCCCCCCCCCCCCC)C(O)/C=C/CCCCCCCCCCCCC)OC(CO)C(O)C1O. The van der Waals surface area contributed by atoms with E-state index < -0.39 is 67.4 Å². The summed E-state index contributed by atoms with van der Waals surface area (Å²) >= 11 is 0. The van der Waals surface area contributed by atoms with Gasteiger partial charge in [-0.3, -0.25) is 9.59 Å². The van der Waals surface area contributed by atoms with Gasteiger partial charge < -0.3 is 45.1 Å². The van der Waals surface area contributed by atoms with Crippen LogP contribution < -0.4 is 5.32 Å². The summed E-state index contributed by atoms with van der Waals surface area (Å²) in [5.41, 5.74) is 0. The van der Waals surface area contributed by atoms with Gasteiger partial charge in [0.05, 0.1) is 25.4 Å². The van der Waals surface area contributed by atoms with Crippen LogP contribution in [0.25, 0.3) is 0 Å². The lowest BCUT2D eigenvalue weighted by Gasteiger charge is -2.41. The molecule has 1 rings (SSSR count). The van der Waals surface area contributed by atoms with E-state index in [0.29, 0.717) is 19.3 Å². The zero-order chi connectivity index (χ0) is 60.3.